The van der Waals surface area contributed by atoms with Crippen LogP contribution in [-0.2, 0) is 58.4 Å². The molecule has 16 nitrogen and oxygen atoms in total. The molecule has 3 aliphatic heterocycles. The van der Waals surface area contributed by atoms with Gasteiger partial charge in [0.1, 0.15) is 30.9 Å². The largest absolute Gasteiger partial charge is 0.446 e. The van der Waals surface area contributed by atoms with Gasteiger partial charge in [0.05, 0.1) is 29.5 Å². The number of fused-ring (bicyclic) bond motifs is 2. The maximum Gasteiger partial charge on any atom is 0.416 e. The molecule has 23 heteroatoms. The van der Waals surface area contributed by atoms with Gasteiger partial charge >= 0.3 is 18.4 Å². The third-order valence-electron chi connectivity index (χ3n) is 18.6. The predicted octanol–water partition coefficient (Wildman–Crippen LogP) is 11.3. The molecule has 3 saturated heterocycles. The van der Waals surface area contributed by atoms with Crippen molar-refractivity contribution in [3.8, 4) is 11.1 Å². The van der Waals surface area contributed by atoms with E-state index < -0.39 is 64.6 Å². The molecule has 502 valence electrons. The van der Waals surface area contributed by atoms with Crippen molar-refractivity contribution in [2.24, 2.45) is 0 Å². The minimum absolute atomic E-state index is 0.0291. The Labute approximate surface area is 539 Å². The smallest absolute Gasteiger partial charge is 0.416 e. The van der Waals surface area contributed by atoms with Crippen molar-refractivity contribution < 1.29 is 68.9 Å². The standard InChI is InChI=1S/C70H85F7N8O8/c1-81(34-12-4-7-22-64(88)82(2)41-42-83-36-27-57(28-37-83)93-66(90)80-60-20-11-9-18-58(60)50-15-5-3-6-16-50)35-13-21-62(86)78-32-14-33-79-63(87)47-91-61-45-51-17-8-10-19-59(51)67(61)29-38-84(39-30-67)40-31-68(53-23-25-56(71)26-24-53)48-85(49-92-68)65(89)52-43-54(69(72,73)74)46-55(44-52)70(75,76)77/h3,5-6,8-11,15-20,23-26,43-44,46,57,61H,4,7,12-14,21-22,27-42,45,47-49H2,1-2H3,(H,78,86)(H,79,87)(H,80,90)/t61-,68-/m0/s1. The summed E-state index contributed by atoms with van der Waals surface area (Å²) in [5.74, 6) is -1.80. The predicted molar refractivity (Wildman–Crippen MR) is 338 cm³/mol. The molecule has 0 radical (unpaired) electrons. The number of likely N-dealkylation sites (N-methyl/N-ethyl adjacent to an activating group) is 1. The average Bonchev–Trinajstić information content (AvgIpc) is 1.62. The third-order valence-corrected chi connectivity index (χ3v) is 18.6. The number of hydrogen-bond donors (Lipinski definition) is 3. The number of unbranched alkanes of at least 4 members (excludes halogenated alkanes) is 2. The van der Waals surface area contributed by atoms with Gasteiger partial charge in [0.2, 0.25) is 17.7 Å². The Morgan fingerprint density at radius 2 is 1.32 bits per heavy atom. The molecular weight excluding hydrogens is 1210 g/mol. The summed E-state index contributed by atoms with van der Waals surface area (Å²) in [4.78, 5) is 74.9. The second kappa shape index (κ2) is 32.1. The number of anilines is 1. The van der Waals surface area contributed by atoms with Crippen molar-refractivity contribution >= 4 is 35.4 Å². The highest BCUT2D eigenvalue weighted by Crippen LogP contribution is 2.48. The fraction of sp³-hybridized carbons (Fsp3) is 0.500. The van der Waals surface area contributed by atoms with Gasteiger partial charge in [-0.3, -0.25) is 24.5 Å². The summed E-state index contributed by atoms with van der Waals surface area (Å²) in [6.07, 6.45) is -2.72. The van der Waals surface area contributed by atoms with Crippen LogP contribution >= 0.6 is 0 Å². The zero-order valence-corrected chi connectivity index (χ0v) is 52.9. The molecule has 0 bridgehead atoms. The summed E-state index contributed by atoms with van der Waals surface area (Å²) >= 11 is 0. The number of rotatable bonds is 28. The Kier molecular flexibility index (Phi) is 24.1. The van der Waals surface area contributed by atoms with Crippen LogP contribution in [0.25, 0.3) is 11.1 Å². The zero-order valence-electron chi connectivity index (χ0n) is 52.9. The van der Waals surface area contributed by atoms with E-state index in [0.717, 1.165) is 92.0 Å². The van der Waals surface area contributed by atoms with Gasteiger partial charge in [0, 0.05) is 82.2 Å². The van der Waals surface area contributed by atoms with Crippen LogP contribution in [0.4, 0.5) is 41.2 Å². The molecule has 5 amide bonds. The number of amides is 5. The lowest BCUT2D eigenvalue weighted by atomic mass is 9.72. The van der Waals surface area contributed by atoms with Crippen LogP contribution in [0.3, 0.4) is 0 Å². The lowest BCUT2D eigenvalue weighted by molar-refractivity contribution is -0.143. The number of carbonyl (C=O) groups is 5. The summed E-state index contributed by atoms with van der Waals surface area (Å²) in [6.45, 7) is 6.22. The molecule has 93 heavy (non-hydrogen) atoms. The summed E-state index contributed by atoms with van der Waals surface area (Å²) in [7, 11) is 3.89. The van der Waals surface area contributed by atoms with Crippen molar-refractivity contribution in [3.63, 3.8) is 0 Å². The van der Waals surface area contributed by atoms with Gasteiger partial charge in [-0.25, -0.2) is 9.18 Å². The Balaban J connectivity index is 0.615. The number of para-hydroxylation sites is 1. The van der Waals surface area contributed by atoms with Gasteiger partial charge in [-0.2, -0.15) is 26.3 Å². The molecule has 5 aromatic carbocycles. The van der Waals surface area contributed by atoms with E-state index >= 15 is 0 Å². The molecule has 3 fully saturated rings. The number of hydrogen-bond acceptors (Lipinski definition) is 11. The first kappa shape index (κ1) is 69.9. The minimum atomic E-state index is -5.14. The number of ether oxygens (including phenoxy) is 3. The molecule has 9 rings (SSSR count). The van der Waals surface area contributed by atoms with E-state index in [2.05, 4.69) is 42.8 Å². The average molecular weight is 1300 g/mol. The van der Waals surface area contributed by atoms with E-state index in [0.29, 0.717) is 108 Å². The number of piperidine rings is 2. The monoisotopic (exact) mass is 1300 g/mol. The van der Waals surface area contributed by atoms with Crippen LogP contribution in [0, 0.1) is 5.82 Å². The second-order valence-corrected chi connectivity index (χ2v) is 25.1. The minimum Gasteiger partial charge on any atom is -0.446 e. The van der Waals surface area contributed by atoms with Crippen LogP contribution in [0.15, 0.2) is 121 Å². The molecule has 4 aliphatic rings. The number of halogens is 7. The number of carbonyl (C=O) groups excluding carboxylic acids is 5. The molecule has 1 spiro atoms. The highest BCUT2D eigenvalue weighted by Gasteiger charge is 2.50. The maximum atomic E-state index is 14.2. The van der Waals surface area contributed by atoms with Crippen LogP contribution in [0.2, 0.25) is 0 Å². The maximum absolute atomic E-state index is 14.2. The van der Waals surface area contributed by atoms with E-state index in [1.165, 1.54) is 24.3 Å². The molecule has 3 N–H and O–H groups in total. The Morgan fingerprint density at radius 1 is 0.677 bits per heavy atom. The molecule has 3 heterocycles. The molecule has 0 saturated carbocycles. The van der Waals surface area contributed by atoms with Gasteiger partial charge in [-0.1, -0.05) is 91.3 Å². The van der Waals surface area contributed by atoms with Gasteiger partial charge < -0.3 is 49.3 Å². The van der Waals surface area contributed by atoms with Crippen LogP contribution in [-0.4, -0.2) is 172 Å². The first-order valence-corrected chi connectivity index (χ1v) is 32.3. The summed E-state index contributed by atoms with van der Waals surface area (Å²) in [6, 6.07) is 31.9. The Bertz CT molecular complexity index is 3270. The van der Waals surface area contributed by atoms with E-state index in [9.17, 15) is 54.7 Å². The molecular formula is C70H85F7N8O8. The van der Waals surface area contributed by atoms with E-state index in [1.54, 1.807) is 4.90 Å². The number of likely N-dealkylation sites (tertiary alicyclic amines) is 2. The number of alkyl halides is 6. The quantitative estimate of drug-likeness (QED) is 0.0322. The van der Waals surface area contributed by atoms with E-state index in [4.69, 9.17) is 14.2 Å². The summed E-state index contributed by atoms with van der Waals surface area (Å²) in [5.41, 5.74) is -0.206. The van der Waals surface area contributed by atoms with E-state index in [-0.39, 0.29) is 55.6 Å². The highest BCUT2D eigenvalue weighted by atomic mass is 19.4. The van der Waals surface area contributed by atoms with Gasteiger partial charge in [-0.05, 0) is 156 Å². The lowest BCUT2D eigenvalue weighted by Gasteiger charge is -2.44. The zero-order chi connectivity index (χ0) is 66.2. The van der Waals surface area contributed by atoms with Crippen molar-refractivity contribution in [3.05, 3.63) is 161 Å². The molecule has 0 unspecified atom stereocenters. The van der Waals surface area contributed by atoms with Gasteiger partial charge in [-0.15, -0.1) is 0 Å². The van der Waals surface area contributed by atoms with Crippen LogP contribution in [0.1, 0.15) is 115 Å². The number of nitrogens with one attached hydrogen (secondary N) is 3. The van der Waals surface area contributed by atoms with Crippen molar-refractivity contribution in [1.82, 2.24) is 35.1 Å². The molecule has 1 aliphatic carbocycles. The fourth-order valence-electron chi connectivity index (χ4n) is 13.2. The van der Waals surface area contributed by atoms with Crippen molar-refractivity contribution in [1.29, 1.82) is 0 Å². The van der Waals surface area contributed by atoms with Gasteiger partial charge in [0.25, 0.3) is 5.91 Å². The highest BCUT2D eigenvalue weighted by molar-refractivity contribution is 5.95. The molecule has 5 aromatic rings. The number of nitrogens with zero attached hydrogens (tertiary/aromatic N) is 5. The Hall–Kier alpha value is -7.44. The van der Waals surface area contributed by atoms with Crippen molar-refractivity contribution in [2.45, 2.75) is 119 Å². The first-order valence-electron chi connectivity index (χ1n) is 32.3. The van der Waals surface area contributed by atoms with Crippen LogP contribution < -0.4 is 16.0 Å². The fourth-order valence-corrected chi connectivity index (χ4v) is 13.2. The first-order chi connectivity index (χ1) is 44.6. The summed E-state index contributed by atoms with van der Waals surface area (Å²) in [5, 5.41) is 8.79. The second-order valence-electron chi connectivity index (χ2n) is 25.1. The van der Waals surface area contributed by atoms with Crippen molar-refractivity contribution in [2.75, 3.05) is 111 Å². The normalized spacial score (nSPS) is 18.6. The SMILES string of the molecule is CN(CCCCCC(=O)N(C)CCN1CCC(OC(=O)Nc2ccccc2-c2ccccc2)CC1)CCCC(=O)NCCCNC(=O)CO[C@H]1Cc2ccccc2C12CCN(CC[C@@]1(c3ccc(F)cc3)CN(C(=O)c3cc(C(F)(F)F)cc(C(F)(F)F)c3)CO1)CC2. The van der Waals surface area contributed by atoms with Crippen LogP contribution in [0.5, 0.6) is 0 Å². The molecule has 0 aromatic heterocycles. The lowest BCUT2D eigenvalue weighted by Crippen LogP contribution is -2.49. The van der Waals surface area contributed by atoms with Gasteiger partial charge in [0.15, 0.2) is 0 Å². The third kappa shape index (κ3) is 19.1. The molecule has 2 atom stereocenters. The summed E-state index contributed by atoms with van der Waals surface area (Å²) < 4.78 is 115. The topological polar surface area (TPSA) is 165 Å². The number of benzene rings is 5. The van der Waals surface area contributed by atoms with E-state index in [1.807, 2.05) is 80.8 Å². The Morgan fingerprint density at radius 3 is 2.03 bits per heavy atom.